The standard InChI is InChI=1S/C23H21N5O2/c1-13-3-6-17(11-14(13)2)27-23(30)26-16-7-4-15(5-8-16)20-18-9-10-25-12-19(18)28-21(20)22(24)29/h3-12,28H,1-2H3,(H2,24,29)(H2,26,27,30). The van der Waals surface area contributed by atoms with Crippen LogP contribution in [0.3, 0.4) is 0 Å². The van der Waals surface area contributed by atoms with Crippen molar-refractivity contribution in [3.05, 3.63) is 77.7 Å². The zero-order valence-corrected chi connectivity index (χ0v) is 16.6. The molecular weight excluding hydrogens is 378 g/mol. The number of nitrogens with two attached hydrogens (primary N) is 1. The third kappa shape index (κ3) is 3.73. The van der Waals surface area contributed by atoms with Gasteiger partial charge >= 0.3 is 6.03 Å². The molecule has 7 nitrogen and oxygen atoms in total. The minimum absolute atomic E-state index is 0.325. The second-order valence-corrected chi connectivity index (χ2v) is 7.12. The summed E-state index contributed by atoms with van der Waals surface area (Å²) in [6.45, 7) is 4.02. The van der Waals surface area contributed by atoms with E-state index in [2.05, 4.69) is 20.6 Å². The highest BCUT2D eigenvalue weighted by atomic mass is 16.2. The summed E-state index contributed by atoms with van der Waals surface area (Å²) in [5.41, 5.74) is 11.8. The molecule has 0 atom stereocenters. The molecule has 0 aliphatic rings. The molecule has 0 saturated heterocycles. The van der Waals surface area contributed by atoms with Crippen LogP contribution in [0.2, 0.25) is 0 Å². The smallest absolute Gasteiger partial charge is 0.323 e. The van der Waals surface area contributed by atoms with Gasteiger partial charge in [-0.3, -0.25) is 9.78 Å². The topological polar surface area (TPSA) is 113 Å². The average Bonchev–Trinajstić information content (AvgIpc) is 3.11. The number of benzene rings is 2. The number of urea groups is 1. The fraction of sp³-hybridized carbons (Fsp3) is 0.0870. The first-order chi connectivity index (χ1) is 14.4. The number of aryl methyl sites for hydroxylation is 2. The number of nitrogens with zero attached hydrogens (tertiary/aromatic N) is 1. The van der Waals surface area contributed by atoms with Crippen molar-refractivity contribution in [3.8, 4) is 11.1 Å². The highest BCUT2D eigenvalue weighted by Crippen LogP contribution is 2.32. The van der Waals surface area contributed by atoms with Crippen LogP contribution >= 0.6 is 0 Å². The fourth-order valence-electron chi connectivity index (χ4n) is 3.36. The molecule has 0 bridgehead atoms. The summed E-state index contributed by atoms with van der Waals surface area (Å²) in [5.74, 6) is -0.545. The number of amides is 3. The van der Waals surface area contributed by atoms with Crippen LogP contribution in [0, 0.1) is 13.8 Å². The van der Waals surface area contributed by atoms with Gasteiger partial charge in [-0.1, -0.05) is 18.2 Å². The molecule has 4 aromatic rings. The number of H-pyrrole nitrogens is 1. The van der Waals surface area contributed by atoms with Gasteiger partial charge in [-0.2, -0.15) is 0 Å². The van der Waals surface area contributed by atoms with Crippen molar-refractivity contribution in [2.24, 2.45) is 5.73 Å². The Bertz CT molecular complexity index is 1260. The predicted molar refractivity (Wildman–Crippen MR) is 119 cm³/mol. The van der Waals surface area contributed by atoms with E-state index in [0.717, 1.165) is 27.7 Å². The number of pyridine rings is 1. The lowest BCUT2D eigenvalue weighted by Crippen LogP contribution is -2.19. The Hall–Kier alpha value is -4.13. The van der Waals surface area contributed by atoms with Gasteiger partial charge in [-0.15, -0.1) is 0 Å². The van der Waals surface area contributed by atoms with Crippen molar-refractivity contribution < 1.29 is 9.59 Å². The van der Waals surface area contributed by atoms with Gasteiger partial charge in [0.2, 0.25) is 0 Å². The summed E-state index contributed by atoms with van der Waals surface area (Å²) in [6, 6.07) is 14.5. The van der Waals surface area contributed by atoms with E-state index in [-0.39, 0.29) is 6.03 Å². The van der Waals surface area contributed by atoms with E-state index in [1.807, 2.05) is 50.2 Å². The molecule has 0 aliphatic heterocycles. The van der Waals surface area contributed by atoms with Gasteiger partial charge in [0, 0.05) is 28.5 Å². The first kappa shape index (κ1) is 19.2. The molecule has 0 fully saturated rings. The van der Waals surface area contributed by atoms with E-state index in [1.54, 1.807) is 24.5 Å². The quantitative estimate of drug-likeness (QED) is 0.402. The van der Waals surface area contributed by atoms with Crippen LogP contribution in [0.5, 0.6) is 0 Å². The summed E-state index contributed by atoms with van der Waals surface area (Å²) in [7, 11) is 0. The summed E-state index contributed by atoms with van der Waals surface area (Å²) < 4.78 is 0. The number of fused-ring (bicyclic) bond motifs is 1. The molecule has 3 amide bonds. The molecule has 0 spiro atoms. The number of aromatic nitrogens is 2. The number of anilines is 2. The molecule has 150 valence electrons. The Morgan fingerprint density at radius 2 is 1.63 bits per heavy atom. The number of hydrogen-bond donors (Lipinski definition) is 4. The molecule has 0 radical (unpaired) electrons. The molecule has 4 rings (SSSR count). The van der Waals surface area contributed by atoms with Gasteiger partial charge in [0.15, 0.2) is 0 Å². The molecule has 2 heterocycles. The summed E-state index contributed by atoms with van der Waals surface area (Å²) in [6.07, 6.45) is 3.32. The second-order valence-electron chi connectivity index (χ2n) is 7.12. The molecule has 5 N–H and O–H groups in total. The molecule has 0 saturated carbocycles. The van der Waals surface area contributed by atoms with Gasteiger partial charge < -0.3 is 21.4 Å². The van der Waals surface area contributed by atoms with E-state index in [9.17, 15) is 9.59 Å². The minimum Gasteiger partial charge on any atom is -0.364 e. The van der Waals surface area contributed by atoms with Crippen LogP contribution in [0.4, 0.5) is 16.2 Å². The van der Waals surface area contributed by atoms with Crippen LogP contribution < -0.4 is 16.4 Å². The van der Waals surface area contributed by atoms with Gasteiger partial charge in [0.25, 0.3) is 5.91 Å². The Labute approximate surface area is 173 Å². The van der Waals surface area contributed by atoms with Crippen molar-refractivity contribution in [2.75, 3.05) is 10.6 Å². The number of hydrogen-bond acceptors (Lipinski definition) is 3. The van der Waals surface area contributed by atoms with Crippen molar-refractivity contribution >= 4 is 34.2 Å². The molecule has 0 unspecified atom stereocenters. The predicted octanol–water partition coefficient (Wildman–Crippen LogP) is 4.59. The lowest BCUT2D eigenvalue weighted by Gasteiger charge is -2.10. The van der Waals surface area contributed by atoms with Crippen LogP contribution in [0.1, 0.15) is 21.6 Å². The second kappa shape index (κ2) is 7.71. The average molecular weight is 399 g/mol. The number of aromatic amines is 1. The lowest BCUT2D eigenvalue weighted by molar-refractivity contribution is 0.0997. The molecule has 30 heavy (non-hydrogen) atoms. The molecule has 0 aliphatic carbocycles. The minimum atomic E-state index is -0.545. The number of nitrogens with one attached hydrogen (secondary N) is 3. The van der Waals surface area contributed by atoms with E-state index in [0.29, 0.717) is 16.9 Å². The van der Waals surface area contributed by atoms with Crippen molar-refractivity contribution in [3.63, 3.8) is 0 Å². The van der Waals surface area contributed by atoms with Crippen LogP contribution in [0.15, 0.2) is 60.9 Å². The third-order valence-electron chi connectivity index (χ3n) is 5.04. The largest absolute Gasteiger partial charge is 0.364 e. The summed E-state index contributed by atoms with van der Waals surface area (Å²) in [4.78, 5) is 31.3. The Balaban J connectivity index is 1.55. The van der Waals surface area contributed by atoms with Gasteiger partial charge in [0.05, 0.1) is 11.7 Å². The molecule has 2 aromatic heterocycles. The van der Waals surface area contributed by atoms with E-state index >= 15 is 0 Å². The number of rotatable bonds is 4. The van der Waals surface area contributed by atoms with Gasteiger partial charge in [-0.05, 0) is 60.9 Å². The number of primary amides is 1. The first-order valence-electron chi connectivity index (χ1n) is 9.43. The maximum absolute atomic E-state index is 12.3. The highest BCUT2D eigenvalue weighted by Gasteiger charge is 2.17. The van der Waals surface area contributed by atoms with Gasteiger partial charge in [-0.25, -0.2) is 4.79 Å². The van der Waals surface area contributed by atoms with E-state index in [4.69, 9.17) is 5.73 Å². The molecule has 7 heteroatoms. The fourth-order valence-corrected chi connectivity index (χ4v) is 3.36. The van der Waals surface area contributed by atoms with Crippen LogP contribution in [-0.2, 0) is 0 Å². The van der Waals surface area contributed by atoms with Crippen molar-refractivity contribution in [1.82, 2.24) is 9.97 Å². The number of carbonyl (C=O) groups is 2. The summed E-state index contributed by atoms with van der Waals surface area (Å²) in [5, 5.41) is 6.49. The lowest BCUT2D eigenvalue weighted by atomic mass is 10.0. The van der Waals surface area contributed by atoms with E-state index in [1.165, 1.54) is 5.56 Å². The zero-order valence-electron chi connectivity index (χ0n) is 16.6. The van der Waals surface area contributed by atoms with Crippen molar-refractivity contribution in [1.29, 1.82) is 0 Å². The summed E-state index contributed by atoms with van der Waals surface area (Å²) >= 11 is 0. The highest BCUT2D eigenvalue weighted by molar-refractivity contribution is 6.09. The maximum atomic E-state index is 12.3. The molecule has 2 aromatic carbocycles. The van der Waals surface area contributed by atoms with Crippen molar-refractivity contribution in [2.45, 2.75) is 13.8 Å². The Morgan fingerprint density at radius 3 is 2.33 bits per heavy atom. The third-order valence-corrected chi connectivity index (χ3v) is 5.04. The van der Waals surface area contributed by atoms with Crippen LogP contribution in [0.25, 0.3) is 22.0 Å². The monoisotopic (exact) mass is 399 g/mol. The normalized spacial score (nSPS) is 10.7. The van der Waals surface area contributed by atoms with Gasteiger partial charge in [0.1, 0.15) is 5.69 Å². The Morgan fingerprint density at radius 1 is 0.933 bits per heavy atom. The maximum Gasteiger partial charge on any atom is 0.323 e. The van der Waals surface area contributed by atoms with Crippen LogP contribution in [-0.4, -0.2) is 21.9 Å². The van der Waals surface area contributed by atoms with E-state index < -0.39 is 5.91 Å². The first-order valence-corrected chi connectivity index (χ1v) is 9.43. The Kier molecular flexibility index (Phi) is 4.93. The number of carbonyl (C=O) groups excluding carboxylic acids is 2. The molecular formula is C23H21N5O2. The zero-order chi connectivity index (χ0) is 21.3. The SMILES string of the molecule is Cc1ccc(NC(=O)Nc2ccc(-c3c(C(N)=O)[nH]c4cnccc34)cc2)cc1C.